The summed E-state index contributed by atoms with van der Waals surface area (Å²) < 4.78 is 10.6. The van der Waals surface area contributed by atoms with Crippen molar-refractivity contribution < 1.29 is 24.2 Å². The Labute approximate surface area is 173 Å². The minimum Gasteiger partial charge on any atom is -0.507 e. The summed E-state index contributed by atoms with van der Waals surface area (Å²) in [6.45, 7) is 3.81. The van der Waals surface area contributed by atoms with Gasteiger partial charge in [0.2, 0.25) is 0 Å². The summed E-state index contributed by atoms with van der Waals surface area (Å²) in [5.74, 6) is -0.791. The fraction of sp³-hybridized carbons (Fsp3) is 0.182. The molecule has 3 rings (SSSR count). The van der Waals surface area contributed by atoms with E-state index in [2.05, 4.69) is 6.58 Å². The molecule has 0 aliphatic carbocycles. The van der Waals surface area contributed by atoms with E-state index in [1.165, 1.54) is 25.2 Å². The third kappa shape index (κ3) is 3.71. The Morgan fingerprint density at radius 2 is 1.79 bits per heavy atom. The minimum atomic E-state index is -0.802. The van der Waals surface area contributed by atoms with E-state index in [4.69, 9.17) is 21.1 Å². The molecule has 6 nitrogen and oxygen atoms in total. The van der Waals surface area contributed by atoms with Gasteiger partial charge in [0.15, 0.2) is 11.5 Å². The van der Waals surface area contributed by atoms with Gasteiger partial charge < -0.3 is 19.5 Å². The highest BCUT2D eigenvalue weighted by Crippen LogP contribution is 2.41. The zero-order valence-electron chi connectivity index (χ0n) is 16.0. The van der Waals surface area contributed by atoms with Gasteiger partial charge in [0.1, 0.15) is 5.76 Å². The molecule has 0 spiro atoms. The van der Waals surface area contributed by atoms with Gasteiger partial charge in [0, 0.05) is 17.1 Å². The number of aliphatic hydroxyl groups is 1. The van der Waals surface area contributed by atoms with Crippen LogP contribution in [0.5, 0.6) is 11.5 Å². The topological polar surface area (TPSA) is 76.1 Å². The SMILES string of the molecule is C=CCN1C(=O)C(=O)/C(=C(/O)c2ccc(Cl)cc2)C1c1ccc(OC)c(OC)c1. The lowest BCUT2D eigenvalue weighted by molar-refractivity contribution is -0.139. The number of likely N-dealkylation sites (tertiary alicyclic amines) is 1. The Morgan fingerprint density at radius 1 is 1.14 bits per heavy atom. The molecule has 0 saturated carbocycles. The molecule has 1 aliphatic rings. The Morgan fingerprint density at radius 3 is 2.38 bits per heavy atom. The molecule has 150 valence electrons. The number of halogens is 1. The van der Waals surface area contributed by atoms with Crippen molar-refractivity contribution in [3.05, 3.63) is 76.8 Å². The minimum absolute atomic E-state index is 0.00797. The molecule has 2 aromatic carbocycles. The van der Waals surface area contributed by atoms with Crippen LogP contribution in [0.1, 0.15) is 17.2 Å². The van der Waals surface area contributed by atoms with E-state index in [1.54, 1.807) is 42.5 Å². The summed E-state index contributed by atoms with van der Waals surface area (Å²) >= 11 is 5.91. The number of hydrogen-bond donors (Lipinski definition) is 1. The number of methoxy groups -OCH3 is 2. The molecule has 0 bridgehead atoms. The predicted octanol–water partition coefficient (Wildman–Crippen LogP) is 3.96. The lowest BCUT2D eigenvalue weighted by atomic mass is 9.95. The monoisotopic (exact) mass is 413 g/mol. The first-order chi connectivity index (χ1) is 13.9. The summed E-state index contributed by atoms with van der Waals surface area (Å²) in [6, 6.07) is 10.7. The van der Waals surface area contributed by atoms with Crippen LogP contribution in [-0.2, 0) is 9.59 Å². The van der Waals surface area contributed by atoms with E-state index >= 15 is 0 Å². The number of nitrogens with zero attached hydrogens (tertiary/aromatic N) is 1. The Balaban J connectivity index is 2.21. The number of ketones is 1. The van der Waals surface area contributed by atoms with Gasteiger partial charge in [-0.1, -0.05) is 23.7 Å². The summed E-state index contributed by atoms with van der Waals surface area (Å²) in [5.41, 5.74) is 0.974. The Hall–Kier alpha value is -3.25. The molecule has 0 aromatic heterocycles. The van der Waals surface area contributed by atoms with Crippen LogP contribution in [0.4, 0.5) is 0 Å². The predicted molar refractivity (Wildman–Crippen MR) is 110 cm³/mol. The standard InChI is InChI=1S/C22H20ClNO5/c1-4-11-24-19(14-7-10-16(28-2)17(12-14)29-3)18(21(26)22(24)27)20(25)13-5-8-15(23)9-6-13/h4-10,12,19,25H,1,11H2,2-3H3/b20-18+. The first-order valence-corrected chi connectivity index (χ1v) is 9.17. The summed E-state index contributed by atoms with van der Waals surface area (Å²) in [6.07, 6.45) is 1.53. The highest BCUT2D eigenvalue weighted by Gasteiger charge is 2.45. The number of rotatable bonds is 6. The fourth-order valence-corrected chi connectivity index (χ4v) is 3.47. The maximum Gasteiger partial charge on any atom is 0.295 e. The molecule has 1 N–H and O–H groups in total. The number of amides is 1. The van der Waals surface area contributed by atoms with Crippen LogP contribution in [0, 0.1) is 0 Å². The van der Waals surface area contributed by atoms with E-state index < -0.39 is 17.7 Å². The van der Waals surface area contributed by atoms with Gasteiger partial charge in [-0.15, -0.1) is 6.58 Å². The molecule has 1 saturated heterocycles. The maximum absolute atomic E-state index is 12.8. The molecule has 1 heterocycles. The largest absolute Gasteiger partial charge is 0.507 e. The Kier molecular flexibility index (Phi) is 5.94. The van der Waals surface area contributed by atoms with Crippen LogP contribution in [0.15, 0.2) is 60.7 Å². The van der Waals surface area contributed by atoms with Crippen LogP contribution in [0.25, 0.3) is 5.76 Å². The lowest BCUT2D eigenvalue weighted by Crippen LogP contribution is -2.29. The van der Waals surface area contributed by atoms with Gasteiger partial charge in [-0.2, -0.15) is 0 Å². The lowest BCUT2D eigenvalue weighted by Gasteiger charge is -2.24. The average molecular weight is 414 g/mol. The number of ether oxygens (including phenoxy) is 2. The number of carbonyl (C=O) groups excluding carboxylic acids is 2. The van der Waals surface area contributed by atoms with E-state index in [0.717, 1.165) is 0 Å². The molecule has 7 heteroatoms. The van der Waals surface area contributed by atoms with Crippen LogP contribution >= 0.6 is 11.6 Å². The van der Waals surface area contributed by atoms with E-state index in [-0.39, 0.29) is 17.9 Å². The van der Waals surface area contributed by atoms with Gasteiger partial charge in [-0.05, 0) is 42.0 Å². The van der Waals surface area contributed by atoms with Crippen molar-refractivity contribution in [3.63, 3.8) is 0 Å². The zero-order valence-corrected chi connectivity index (χ0v) is 16.8. The summed E-state index contributed by atoms with van der Waals surface area (Å²) in [4.78, 5) is 26.8. The summed E-state index contributed by atoms with van der Waals surface area (Å²) in [7, 11) is 3.01. The quantitative estimate of drug-likeness (QED) is 0.335. The Bertz CT molecular complexity index is 997. The summed E-state index contributed by atoms with van der Waals surface area (Å²) in [5, 5.41) is 11.4. The second-order valence-electron chi connectivity index (χ2n) is 6.36. The van der Waals surface area contributed by atoms with Crippen LogP contribution < -0.4 is 9.47 Å². The van der Waals surface area contributed by atoms with Crippen molar-refractivity contribution in [2.45, 2.75) is 6.04 Å². The molecule has 1 fully saturated rings. The second kappa shape index (κ2) is 8.41. The van der Waals surface area contributed by atoms with Crippen LogP contribution in [0.3, 0.4) is 0 Å². The normalized spacial score (nSPS) is 18.0. The third-order valence-corrected chi connectivity index (χ3v) is 4.96. The number of Topliss-reactive ketones (excluding diaryl/α,β-unsaturated/α-hetero) is 1. The van der Waals surface area contributed by atoms with Gasteiger partial charge in [-0.25, -0.2) is 0 Å². The van der Waals surface area contributed by atoms with Crippen molar-refractivity contribution in [2.75, 3.05) is 20.8 Å². The van der Waals surface area contributed by atoms with Crippen molar-refractivity contribution in [3.8, 4) is 11.5 Å². The molecule has 1 amide bonds. The van der Waals surface area contributed by atoms with Crippen molar-refractivity contribution in [1.29, 1.82) is 0 Å². The van der Waals surface area contributed by atoms with Crippen molar-refractivity contribution >= 4 is 29.1 Å². The van der Waals surface area contributed by atoms with E-state index in [0.29, 0.717) is 27.6 Å². The third-order valence-electron chi connectivity index (χ3n) is 4.71. The van der Waals surface area contributed by atoms with Crippen LogP contribution in [0.2, 0.25) is 5.02 Å². The highest BCUT2D eigenvalue weighted by atomic mass is 35.5. The molecule has 2 aromatic rings. The first kappa shape index (κ1) is 20.5. The van der Waals surface area contributed by atoms with Crippen molar-refractivity contribution in [2.24, 2.45) is 0 Å². The number of aliphatic hydroxyl groups excluding tert-OH is 1. The van der Waals surface area contributed by atoms with Gasteiger partial charge >= 0.3 is 0 Å². The molecular weight excluding hydrogens is 394 g/mol. The highest BCUT2D eigenvalue weighted by molar-refractivity contribution is 6.46. The van der Waals surface area contributed by atoms with Gasteiger partial charge in [0.25, 0.3) is 11.7 Å². The maximum atomic E-state index is 12.8. The molecule has 1 aliphatic heterocycles. The average Bonchev–Trinajstić information content (AvgIpc) is 2.98. The number of hydrogen-bond acceptors (Lipinski definition) is 5. The molecular formula is C22H20ClNO5. The number of benzene rings is 2. The fourth-order valence-electron chi connectivity index (χ4n) is 3.34. The first-order valence-electron chi connectivity index (χ1n) is 8.80. The zero-order chi connectivity index (χ0) is 21.1. The van der Waals surface area contributed by atoms with Crippen molar-refractivity contribution in [1.82, 2.24) is 4.90 Å². The van der Waals surface area contributed by atoms with Gasteiger partial charge in [-0.3, -0.25) is 9.59 Å². The molecule has 1 atom stereocenters. The number of carbonyl (C=O) groups is 2. The van der Waals surface area contributed by atoms with Gasteiger partial charge in [0.05, 0.1) is 25.8 Å². The molecule has 0 radical (unpaired) electrons. The molecule has 29 heavy (non-hydrogen) atoms. The second-order valence-corrected chi connectivity index (χ2v) is 6.80. The van der Waals surface area contributed by atoms with E-state index in [9.17, 15) is 14.7 Å². The van der Waals surface area contributed by atoms with E-state index in [1.807, 2.05) is 0 Å². The van der Waals surface area contributed by atoms with Crippen LogP contribution in [-0.4, -0.2) is 42.5 Å². The molecule has 1 unspecified atom stereocenters. The smallest absolute Gasteiger partial charge is 0.295 e.